The Balaban J connectivity index is 2.47. The average molecular weight is 256 g/mol. The fraction of sp³-hybridized carbons (Fsp3) is 0.167. The summed E-state index contributed by atoms with van der Waals surface area (Å²) in [6.45, 7) is 0.719. The van der Waals surface area contributed by atoms with Crippen molar-refractivity contribution in [3.05, 3.63) is 46.0 Å². The molecule has 1 aromatic heterocycles. The first-order chi connectivity index (χ1) is 7.72. The first-order valence-corrected chi connectivity index (χ1v) is 6.14. The highest BCUT2D eigenvalue weighted by atomic mass is 35.5. The molecule has 0 bridgehead atoms. The van der Waals surface area contributed by atoms with Crippen LogP contribution in [0.25, 0.3) is 10.4 Å². The smallest absolute Gasteiger partial charge is 0.131 e. The van der Waals surface area contributed by atoms with Crippen molar-refractivity contribution in [3.8, 4) is 10.4 Å². The number of benzene rings is 1. The zero-order valence-electron chi connectivity index (χ0n) is 8.76. The standard InChI is InChI=1S/C12H11ClFNS/c1-15-7-8-2-3-11(14)9(6-8)12-10(13)4-5-16-12/h2-6,15H,7H2,1H3. The van der Waals surface area contributed by atoms with Gasteiger partial charge in [0.2, 0.25) is 0 Å². The Bertz CT molecular complexity index is 496. The summed E-state index contributed by atoms with van der Waals surface area (Å²) in [6.07, 6.45) is 0. The van der Waals surface area contributed by atoms with Gasteiger partial charge < -0.3 is 5.32 Å². The molecule has 0 unspecified atom stereocenters. The molecule has 84 valence electrons. The Morgan fingerprint density at radius 3 is 2.81 bits per heavy atom. The second-order valence-corrected chi connectivity index (χ2v) is 4.77. The molecule has 0 saturated heterocycles. The highest BCUT2D eigenvalue weighted by Crippen LogP contribution is 2.35. The molecule has 2 aromatic rings. The minimum absolute atomic E-state index is 0.232. The van der Waals surface area contributed by atoms with E-state index in [-0.39, 0.29) is 5.82 Å². The molecule has 0 aliphatic carbocycles. The lowest BCUT2D eigenvalue weighted by Crippen LogP contribution is -2.05. The van der Waals surface area contributed by atoms with Gasteiger partial charge in [-0.2, -0.15) is 0 Å². The van der Waals surface area contributed by atoms with Crippen molar-refractivity contribution < 1.29 is 4.39 Å². The lowest BCUT2D eigenvalue weighted by Gasteiger charge is -2.05. The first kappa shape index (κ1) is 11.6. The number of halogens is 2. The van der Waals surface area contributed by atoms with Crippen molar-refractivity contribution in [1.82, 2.24) is 5.32 Å². The molecule has 0 amide bonds. The molecular weight excluding hydrogens is 245 g/mol. The Kier molecular flexibility index (Phi) is 3.59. The van der Waals surface area contributed by atoms with Crippen LogP contribution in [0.15, 0.2) is 29.6 Å². The molecule has 4 heteroatoms. The summed E-state index contributed by atoms with van der Waals surface area (Å²) < 4.78 is 13.7. The summed E-state index contributed by atoms with van der Waals surface area (Å²) in [7, 11) is 1.86. The molecular formula is C12H11ClFNS. The SMILES string of the molecule is CNCc1ccc(F)c(-c2sccc2Cl)c1. The van der Waals surface area contributed by atoms with Gasteiger partial charge in [0, 0.05) is 12.1 Å². The van der Waals surface area contributed by atoms with Crippen LogP contribution in [0.3, 0.4) is 0 Å². The molecule has 1 aromatic carbocycles. The fourth-order valence-corrected chi connectivity index (χ4v) is 2.72. The van der Waals surface area contributed by atoms with Gasteiger partial charge in [-0.1, -0.05) is 17.7 Å². The molecule has 0 spiro atoms. The Hall–Kier alpha value is -0.900. The van der Waals surface area contributed by atoms with Crippen molar-refractivity contribution in [3.63, 3.8) is 0 Å². The monoisotopic (exact) mass is 255 g/mol. The van der Waals surface area contributed by atoms with E-state index in [1.54, 1.807) is 12.1 Å². The molecule has 0 aliphatic rings. The summed E-state index contributed by atoms with van der Waals surface area (Å²) in [6, 6.07) is 6.88. The third-order valence-corrected chi connectivity index (χ3v) is 3.65. The van der Waals surface area contributed by atoms with Crippen LogP contribution in [0.5, 0.6) is 0 Å². The van der Waals surface area contributed by atoms with Crippen molar-refractivity contribution in [2.24, 2.45) is 0 Å². The molecule has 1 heterocycles. The van der Waals surface area contributed by atoms with Crippen LogP contribution in [0.2, 0.25) is 5.02 Å². The molecule has 2 rings (SSSR count). The van der Waals surface area contributed by atoms with E-state index in [1.807, 2.05) is 18.5 Å². The van der Waals surface area contributed by atoms with Gasteiger partial charge in [0.15, 0.2) is 0 Å². The van der Waals surface area contributed by atoms with Crippen LogP contribution in [-0.2, 0) is 6.54 Å². The Labute approximate surface area is 103 Å². The third kappa shape index (κ3) is 2.26. The average Bonchev–Trinajstić information content (AvgIpc) is 2.68. The first-order valence-electron chi connectivity index (χ1n) is 4.88. The second-order valence-electron chi connectivity index (χ2n) is 3.44. The zero-order chi connectivity index (χ0) is 11.5. The van der Waals surface area contributed by atoms with Crippen LogP contribution in [-0.4, -0.2) is 7.05 Å². The van der Waals surface area contributed by atoms with Gasteiger partial charge in [0.05, 0.1) is 9.90 Å². The van der Waals surface area contributed by atoms with E-state index in [0.717, 1.165) is 17.0 Å². The molecule has 0 atom stereocenters. The van der Waals surface area contributed by atoms with Crippen molar-refractivity contribution >= 4 is 22.9 Å². The van der Waals surface area contributed by atoms with Crippen LogP contribution in [0.4, 0.5) is 4.39 Å². The largest absolute Gasteiger partial charge is 0.316 e. The normalized spacial score (nSPS) is 10.7. The molecule has 0 aliphatic heterocycles. The number of hydrogen-bond donors (Lipinski definition) is 1. The Morgan fingerprint density at radius 1 is 1.38 bits per heavy atom. The molecule has 1 N–H and O–H groups in total. The highest BCUT2D eigenvalue weighted by Gasteiger charge is 2.10. The quantitative estimate of drug-likeness (QED) is 0.876. The predicted octanol–water partition coefficient (Wildman–Crippen LogP) is 3.93. The van der Waals surface area contributed by atoms with Gasteiger partial charge in [-0.15, -0.1) is 11.3 Å². The summed E-state index contributed by atoms with van der Waals surface area (Å²) in [5.74, 6) is -0.232. The fourth-order valence-electron chi connectivity index (χ4n) is 1.55. The van der Waals surface area contributed by atoms with Crippen LogP contribution >= 0.6 is 22.9 Å². The van der Waals surface area contributed by atoms with Gasteiger partial charge in [0.25, 0.3) is 0 Å². The Morgan fingerprint density at radius 2 is 2.19 bits per heavy atom. The van der Waals surface area contributed by atoms with Crippen LogP contribution in [0, 0.1) is 5.82 Å². The van der Waals surface area contributed by atoms with E-state index in [2.05, 4.69) is 5.32 Å². The highest BCUT2D eigenvalue weighted by molar-refractivity contribution is 7.14. The van der Waals surface area contributed by atoms with Crippen molar-refractivity contribution in [1.29, 1.82) is 0 Å². The topological polar surface area (TPSA) is 12.0 Å². The van der Waals surface area contributed by atoms with Crippen molar-refractivity contribution in [2.75, 3.05) is 7.05 Å². The van der Waals surface area contributed by atoms with Gasteiger partial charge in [-0.25, -0.2) is 4.39 Å². The van der Waals surface area contributed by atoms with Crippen molar-refractivity contribution in [2.45, 2.75) is 6.54 Å². The molecule has 0 saturated carbocycles. The molecule has 0 fully saturated rings. The number of thiophene rings is 1. The number of nitrogens with one attached hydrogen (secondary N) is 1. The summed E-state index contributed by atoms with van der Waals surface area (Å²) >= 11 is 7.46. The van der Waals surface area contributed by atoms with Crippen LogP contribution in [0.1, 0.15) is 5.56 Å². The van der Waals surface area contributed by atoms with E-state index in [9.17, 15) is 4.39 Å². The molecule has 0 radical (unpaired) electrons. The maximum Gasteiger partial charge on any atom is 0.131 e. The lowest BCUT2D eigenvalue weighted by molar-refractivity contribution is 0.630. The summed E-state index contributed by atoms with van der Waals surface area (Å²) in [5, 5.41) is 5.50. The van der Waals surface area contributed by atoms with E-state index in [0.29, 0.717) is 10.6 Å². The minimum atomic E-state index is -0.232. The van der Waals surface area contributed by atoms with E-state index < -0.39 is 0 Å². The van der Waals surface area contributed by atoms with E-state index >= 15 is 0 Å². The number of hydrogen-bond acceptors (Lipinski definition) is 2. The molecule has 16 heavy (non-hydrogen) atoms. The minimum Gasteiger partial charge on any atom is -0.316 e. The molecule has 1 nitrogen and oxygen atoms in total. The van der Waals surface area contributed by atoms with Gasteiger partial charge >= 0.3 is 0 Å². The third-order valence-electron chi connectivity index (χ3n) is 2.27. The van der Waals surface area contributed by atoms with E-state index in [1.165, 1.54) is 17.4 Å². The van der Waals surface area contributed by atoms with E-state index in [4.69, 9.17) is 11.6 Å². The lowest BCUT2D eigenvalue weighted by atomic mass is 10.1. The maximum absolute atomic E-state index is 13.7. The summed E-state index contributed by atoms with van der Waals surface area (Å²) in [4.78, 5) is 0.789. The van der Waals surface area contributed by atoms with Gasteiger partial charge in [-0.05, 0) is 36.2 Å². The zero-order valence-corrected chi connectivity index (χ0v) is 10.3. The maximum atomic E-state index is 13.7. The number of rotatable bonds is 3. The second kappa shape index (κ2) is 4.95. The summed E-state index contributed by atoms with van der Waals surface area (Å²) in [5.41, 5.74) is 1.62. The van der Waals surface area contributed by atoms with Crippen LogP contribution < -0.4 is 5.32 Å². The van der Waals surface area contributed by atoms with Gasteiger partial charge in [0.1, 0.15) is 5.82 Å². The van der Waals surface area contributed by atoms with Gasteiger partial charge in [-0.3, -0.25) is 0 Å². The predicted molar refractivity (Wildman–Crippen MR) is 67.5 cm³/mol.